The van der Waals surface area contributed by atoms with Crippen molar-refractivity contribution in [3.05, 3.63) is 83.7 Å². The standard InChI is InChI=1S/C27H28N4O5S2/c1-28-27-30-24(18-37-27)20-9-14-25(35-3)23(15-20)29-26(32)17-36-21-10-12-22(13-11-21)38(33,34)31(2)16-19-7-5-4-6-8-19/h4-15,18H,16-17H2,1-3H3,(H,28,30)(H,29,32). The van der Waals surface area contributed by atoms with Crippen molar-refractivity contribution in [3.8, 4) is 22.8 Å². The van der Waals surface area contributed by atoms with Crippen molar-refractivity contribution < 1.29 is 22.7 Å². The Morgan fingerprint density at radius 3 is 2.45 bits per heavy atom. The Hall–Kier alpha value is -3.93. The van der Waals surface area contributed by atoms with E-state index >= 15 is 0 Å². The summed E-state index contributed by atoms with van der Waals surface area (Å²) in [5.41, 5.74) is 2.98. The summed E-state index contributed by atoms with van der Waals surface area (Å²) < 4.78 is 38.1. The summed E-state index contributed by atoms with van der Waals surface area (Å²) in [6, 6.07) is 20.8. The Morgan fingerprint density at radius 2 is 1.79 bits per heavy atom. The molecule has 4 aromatic rings. The van der Waals surface area contributed by atoms with E-state index in [0.29, 0.717) is 17.2 Å². The molecule has 1 amide bonds. The highest BCUT2D eigenvalue weighted by Gasteiger charge is 2.21. The number of amides is 1. The summed E-state index contributed by atoms with van der Waals surface area (Å²) in [4.78, 5) is 17.3. The number of ether oxygens (including phenoxy) is 2. The predicted octanol–water partition coefficient (Wildman–Crippen LogP) is 4.70. The van der Waals surface area contributed by atoms with Crippen LogP contribution in [-0.4, -0.2) is 51.4 Å². The molecule has 0 aliphatic carbocycles. The van der Waals surface area contributed by atoms with Crippen molar-refractivity contribution in [1.82, 2.24) is 9.29 Å². The molecule has 0 spiro atoms. The van der Waals surface area contributed by atoms with E-state index in [4.69, 9.17) is 9.47 Å². The molecule has 11 heteroatoms. The van der Waals surface area contributed by atoms with Crippen LogP contribution in [0.15, 0.2) is 83.1 Å². The van der Waals surface area contributed by atoms with Gasteiger partial charge in [0.15, 0.2) is 11.7 Å². The van der Waals surface area contributed by atoms with Gasteiger partial charge in [-0.15, -0.1) is 11.3 Å². The summed E-state index contributed by atoms with van der Waals surface area (Å²) >= 11 is 1.48. The first-order valence-corrected chi connectivity index (χ1v) is 14.0. The summed E-state index contributed by atoms with van der Waals surface area (Å²) in [5, 5.41) is 8.52. The number of anilines is 2. The maximum atomic E-state index is 12.9. The number of thiazole rings is 1. The van der Waals surface area contributed by atoms with Crippen LogP contribution < -0.4 is 20.1 Å². The molecule has 0 unspecified atom stereocenters. The van der Waals surface area contributed by atoms with E-state index in [0.717, 1.165) is 22.0 Å². The molecule has 198 valence electrons. The van der Waals surface area contributed by atoms with Crippen LogP contribution in [-0.2, 0) is 21.4 Å². The first-order chi connectivity index (χ1) is 18.3. The molecule has 0 aliphatic heterocycles. The van der Waals surface area contributed by atoms with E-state index in [1.165, 1.54) is 54.1 Å². The molecule has 0 atom stereocenters. The van der Waals surface area contributed by atoms with Gasteiger partial charge < -0.3 is 20.1 Å². The topological polar surface area (TPSA) is 110 Å². The molecule has 4 rings (SSSR count). The number of hydrogen-bond donors (Lipinski definition) is 2. The SMILES string of the molecule is CNc1nc(-c2ccc(OC)c(NC(=O)COc3ccc(S(=O)(=O)N(C)Cc4ccccc4)cc3)c2)cs1. The number of carbonyl (C=O) groups is 1. The third-order valence-corrected chi connectivity index (χ3v) is 8.31. The number of hydrogen-bond acceptors (Lipinski definition) is 8. The van der Waals surface area contributed by atoms with Crippen molar-refractivity contribution in [2.45, 2.75) is 11.4 Å². The maximum absolute atomic E-state index is 12.9. The molecule has 1 heterocycles. The van der Waals surface area contributed by atoms with Crippen molar-refractivity contribution in [2.75, 3.05) is 38.4 Å². The zero-order valence-electron chi connectivity index (χ0n) is 21.2. The number of methoxy groups -OCH3 is 1. The quantitative estimate of drug-likeness (QED) is 0.278. The number of nitrogens with one attached hydrogen (secondary N) is 2. The van der Waals surface area contributed by atoms with Gasteiger partial charge in [-0.1, -0.05) is 30.3 Å². The second kappa shape index (κ2) is 12.1. The Morgan fingerprint density at radius 1 is 1.05 bits per heavy atom. The van der Waals surface area contributed by atoms with Crippen LogP contribution in [0.1, 0.15) is 5.56 Å². The van der Waals surface area contributed by atoms with E-state index < -0.39 is 15.9 Å². The van der Waals surface area contributed by atoms with Gasteiger partial charge in [-0.25, -0.2) is 13.4 Å². The van der Waals surface area contributed by atoms with Crippen molar-refractivity contribution >= 4 is 38.1 Å². The molecule has 0 bridgehead atoms. The average molecular weight is 553 g/mol. The first-order valence-electron chi connectivity index (χ1n) is 11.6. The highest BCUT2D eigenvalue weighted by molar-refractivity contribution is 7.89. The largest absolute Gasteiger partial charge is 0.495 e. The van der Waals surface area contributed by atoms with E-state index in [2.05, 4.69) is 15.6 Å². The summed E-state index contributed by atoms with van der Waals surface area (Å²) in [7, 11) is 1.18. The molecule has 3 aromatic carbocycles. The second-order valence-corrected chi connectivity index (χ2v) is 11.2. The van der Waals surface area contributed by atoms with Gasteiger partial charge in [-0.3, -0.25) is 4.79 Å². The predicted molar refractivity (Wildman–Crippen MR) is 149 cm³/mol. The lowest BCUT2D eigenvalue weighted by Crippen LogP contribution is -2.26. The minimum atomic E-state index is -3.68. The van der Waals surface area contributed by atoms with E-state index in [1.807, 2.05) is 41.8 Å². The van der Waals surface area contributed by atoms with Crippen LogP contribution in [0.25, 0.3) is 11.3 Å². The molecule has 2 N–H and O–H groups in total. The highest BCUT2D eigenvalue weighted by atomic mass is 32.2. The third kappa shape index (κ3) is 6.49. The average Bonchev–Trinajstić information content (AvgIpc) is 3.42. The number of aromatic nitrogens is 1. The van der Waals surface area contributed by atoms with Gasteiger partial charge >= 0.3 is 0 Å². The van der Waals surface area contributed by atoms with Gasteiger partial charge in [-0.05, 0) is 48.0 Å². The van der Waals surface area contributed by atoms with Crippen LogP contribution in [0, 0.1) is 0 Å². The second-order valence-electron chi connectivity index (χ2n) is 8.26. The number of carbonyl (C=O) groups excluding carboxylic acids is 1. The van der Waals surface area contributed by atoms with Gasteiger partial charge in [0, 0.05) is 31.6 Å². The molecule has 0 aliphatic rings. The van der Waals surface area contributed by atoms with Crippen molar-refractivity contribution in [2.24, 2.45) is 0 Å². The zero-order chi connectivity index (χ0) is 27.1. The fourth-order valence-corrected chi connectivity index (χ4v) is 5.47. The smallest absolute Gasteiger partial charge is 0.262 e. The maximum Gasteiger partial charge on any atom is 0.262 e. The highest BCUT2D eigenvalue weighted by Crippen LogP contribution is 2.32. The number of nitrogens with zero attached hydrogens (tertiary/aromatic N) is 2. The van der Waals surface area contributed by atoms with Gasteiger partial charge in [0.05, 0.1) is 23.4 Å². The Bertz CT molecular complexity index is 1490. The van der Waals surface area contributed by atoms with Crippen LogP contribution in [0.4, 0.5) is 10.8 Å². The molecule has 0 fully saturated rings. The Kier molecular flexibility index (Phi) is 8.62. The number of benzene rings is 3. The monoisotopic (exact) mass is 552 g/mol. The lowest BCUT2D eigenvalue weighted by molar-refractivity contribution is -0.118. The minimum Gasteiger partial charge on any atom is -0.495 e. The fraction of sp³-hybridized carbons (Fsp3) is 0.185. The third-order valence-electron chi connectivity index (χ3n) is 5.64. The number of rotatable bonds is 11. The Labute approximate surface area is 226 Å². The molecule has 1 aromatic heterocycles. The fourth-order valence-electron chi connectivity index (χ4n) is 3.63. The first kappa shape index (κ1) is 27.1. The Balaban J connectivity index is 1.37. The van der Waals surface area contributed by atoms with Gasteiger partial charge in [0.2, 0.25) is 10.0 Å². The van der Waals surface area contributed by atoms with Crippen LogP contribution in [0.5, 0.6) is 11.5 Å². The normalized spacial score (nSPS) is 11.3. The van der Waals surface area contributed by atoms with Gasteiger partial charge in [-0.2, -0.15) is 4.31 Å². The van der Waals surface area contributed by atoms with Crippen LogP contribution in [0.2, 0.25) is 0 Å². The lowest BCUT2D eigenvalue weighted by atomic mass is 10.1. The molecular weight excluding hydrogens is 524 g/mol. The van der Waals surface area contributed by atoms with Gasteiger partial charge in [0.25, 0.3) is 5.91 Å². The summed E-state index contributed by atoms with van der Waals surface area (Å²) in [6.07, 6.45) is 0. The minimum absolute atomic E-state index is 0.137. The van der Waals surface area contributed by atoms with E-state index in [-0.39, 0.29) is 18.0 Å². The molecule has 0 radical (unpaired) electrons. The van der Waals surface area contributed by atoms with Crippen molar-refractivity contribution in [3.63, 3.8) is 0 Å². The molecule has 9 nitrogen and oxygen atoms in total. The van der Waals surface area contributed by atoms with E-state index in [9.17, 15) is 13.2 Å². The number of sulfonamides is 1. The molecule has 38 heavy (non-hydrogen) atoms. The van der Waals surface area contributed by atoms with Gasteiger partial charge in [0.1, 0.15) is 11.5 Å². The summed E-state index contributed by atoms with van der Waals surface area (Å²) in [5.74, 6) is 0.474. The molecule has 0 saturated heterocycles. The molecular formula is C27H28N4O5S2. The van der Waals surface area contributed by atoms with E-state index in [1.54, 1.807) is 19.2 Å². The summed E-state index contributed by atoms with van der Waals surface area (Å²) in [6.45, 7) is -0.0145. The van der Waals surface area contributed by atoms with Crippen molar-refractivity contribution in [1.29, 1.82) is 0 Å². The molecule has 0 saturated carbocycles. The van der Waals surface area contributed by atoms with Crippen LogP contribution >= 0.6 is 11.3 Å². The zero-order valence-corrected chi connectivity index (χ0v) is 22.8. The lowest BCUT2D eigenvalue weighted by Gasteiger charge is -2.17. The van der Waals surface area contributed by atoms with Crippen LogP contribution in [0.3, 0.4) is 0 Å².